The minimum atomic E-state index is -0.169. The van der Waals surface area contributed by atoms with E-state index in [2.05, 4.69) is 17.2 Å². The van der Waals surface area contributed by atoms with E-state index in [4.69, 9.17) is 0 Å². The van der Waals surface area contributed by atoms with Gasteiger partial charge in [0.2, 0.25) is 0 Å². The number of hydrogen-bond acceptors (Lipinski definition) is 2. The third-order valence-corrected chi connectivity index (χ3v) is 3.43. The molecule has 1 aromatic heterocycles. The molecule has 17 heavy (non-hydrogen) atoms. The average Bonchev–Trinajstić information content (AvgIpc) is 3.15. The van der Waals surface area contributed by atoms with Gasteiger partial charge in [0.25, 0.3) is 0 Å². The van der Waals surface area contributed by atoms with Gasteiger partial charge in [0.1, 0.15) is 5.82 Å². The van der Waals surface area contributed by atoms with Crippen LogP contribution in [0.25, 0.3) is 0 Å². The van der Waals surface area contributed by atoms with Gasteiger partial charge < -0.3 is 5.32 Å². The van der Waals surface area contributed by atoms with Gasteiger partial charge in [-0.1, -0.05) is 6.92 Å². The van der Waals surface area contributed by atoms with Crippen LogP contribution >= 0.6 is 0 Å². The van der Waals surface area contributed by atoms with Gasteiger partial charge in [-0.05, 0) is 56.2 Å². The molecule has 3 heteroatoms. The van der Waals surface area contributed by atoms with Crippen LogP contribution in [0.5, 0.6) is 0 Å². The summed E-state index contributed by atoms with van der Waals surface area (Å²) in [5.41, 5.74) is 0.795. The predicted molar refractivity (Wildman–Crippen MR) is 67.3 cm³/mol. The van der Waals surface area contributed by atoms with Gasteiger partial charge in [-0.2, -0.15) is 0 Å². The van der Waals surface area contributed by atoms with Gasteiger partial charge in [0.05, 0.1) is 6.20 Å². The van der Waals surface area contributed by atoms with Crippen LogP contribution in [0.3, 0.4) is 0 Å². The van der Waals surface area contributed by atoms with Crippen LogP contribution in [-0.4, -0.2) is 17.6 Å². The maximum atomic E-state index is 13.4. The Morgan fingerprint density at radius 1 is 1.53 bits per heavy atom. The lowest BCUT2D eigenvalue weighted by Crippen LogP contribution is -2.32. The molecule has 1 saturated carbocycles. The molecule has 0 amide bonds. The molecule has 2 nitrogen and oxygen atoms in total. The Hall–Kier alpha value is -0.960. The zero-order valence-electron chi connectivity index (χ0n) is 10.5. The molecule has 1 N–H and O–H groups in total. The van der Waals surface area contributed by atoms with Crippen LogP contribution in [0.15, 0.2) is 18.5 Å². The molecule has 94 valence electrons. The first-order valence-corrected chi connectivity index (χ1v) is 6.63. The van der Waals surface area contributed by atoms with E-state index in [1.807, 2.05) is 0 Å². The highest BCUT2D eigenvalue weighted by molar-refractivity contribution is 5.13. The molecular weight excluding hydrogens is 215 g/mol. The summed E-state index contributed by atoms with van der Waals surface area (Å²) in [7, 11) is 0. The number of nitrogens with one attached hydrogen (secondary N) is 1. The molecule has 0 aromatic carbocycles. The van der Waals surface area contributed by atoms with E-state index in [0.29, 0.717) is 6.04 Å². The molecule has 1 aromatic rings. The van der Waals surface area contributed by atoms with Crippen molar-refractivity contribution in [1.29, 1.82) is 0 Å². The molecule has 1 unspecified atom stereocenters. The molecule has 0 radical (unpaired) electrons. The zero-order valence-corrected chi connectivity index (χ0v) is 10.5. The summed E-state index contributed by atoms with van der Waals surface area (Å²) in [4.78, 5) is 3.78. The van der Waals surface area contributed by atoms with Crippen molar-refractivity contribution in [3.63, 3.8) is 0 Å². The van der Waals surface area contributed by atoms with Gasteiger partial charge in [-0.15, -0.1) is 0 Å². The summed E-state index contributed by atoms with van der Waals surface area (Å²) in [6.07, 6.45) is 8.65. The summed E-state index contributed by atoms with van der Waals surface area (Å²) in [6.45, 7) is 3.25. The largest absolute Gasteiger partial charge is 0.314 e. The van der Waals surface area contributed by atoms with Crippen LogP contribution in [-0.2, 0) is 6.42 Å². The maximum absolute atomic E-state index is 13.4. The Kier molecular flexibility index (Phi) is 4.49. The van der Waals surface area contributed by atoms with E-state index >= 15 is 0 Å². The first kappa shape index (κ1) is 12.5. The molecule has 1 heterocycles. The van der Waals surface area contributed by atoms with E-state index in [1.54, 1.807) is 12.3 Å². The summed E-state index contributed by atoms with van der Waals surface area (Å²) < 4.78 is 13.4. The van der Waals surface area contributed by atoms with Gasteiger partial charge >= 0.3 is 0 Å². The molecule has 1 fully saturated rings. The molecule has 0 spiro atoms. The van der Waals surface area contributed by atoms with E-state index in [9.17, 15) is 4.39 Å². The van der Waals surface area contributed by atoms with Crippen molar-refractivity contribution in [2.45, 2.75) is 45.1 Å². The highest BCUT2D eigenvalue weighted by atomic mass is 19.1. The van der Waals surface area contributed by atoms with Crippen molar-refractivity contribution in [1.82, 2.24) is 10.3 Å². The van der Waals surface area contributed by atoms with Gasteiger partial charge in [-0.3, -0.25) is 4.98 Å². The second kappa shape index (κ2) is 6.10. The van der Waals surface area contributed by atoms with E-state index in [0.717, 1.165) is 37.3 Å². The quantitative estimate of drug-likeness (QED) is 0.787. The standard InChI is InChI=1S/C14H21FN2/c1-2-8-17-14(12-3-4-12)6-5-11-7-9-16-10-13(11)15/h7,9-10,12,14,17H,2-6,8H2,1H3. The molecule has 1 aliphatic carbocycles. The Morgan fingerprint density at radius 3 is 3.00 bits per heavy atom. The summed E-state index contributed by atoms with van der Waals surface area (Å²) in [5.74, 6) is 0.656. The van der Waals surface area contributed by atoms with E-state index in [-0.39, 0.29) is 5.82 Å². The van der Waals surface area contributed by atoms with Crippen molar-refractivity contribution >= 4 is 0 Å². The predicted octanol–water partition coefficient (Wildman–Crippen LogP) is 2.93. The maximum Gasteiger partial charge on any atom is 0.144 e. The monoisotopic (exact) mass is 236 g/mol. The Morgan fingerprint density at radius 2 is 2.35 bits per heavy atom. The number of halogens is 1. The van der Waals surface area contributed by atoms with Gasteiger partial charge in [0, 0.05) is 12.2 Å². The van der Waals surface area contributed by atoms with Crippen molar-refractivity contribution in [3.8, 4) is 0 Å². The van der Waals surface area contributed by atoms with Crippen LogP contribution in [0.1, 0.15) is 38.2 Å². The SMILES string of the molecule is CCCNC(CCc1ccncc1F)C1CC1. The van der Waals surface area contributed by atoms with E-state index < -0.39 is 0 Å². The highest BCUT2D eigenvalue weighted by Gasteiger charge is 2.30. The molecule has 1 atom stereocenters. The smallest absolute Gasteiger partial charge is 0.144 e. The van der Waals surface area contributed by atoms with Crippen molar-refractivity contribution in [2.75, 3.05) is 6.54 Å². The summed E-state index contributed by atoms with van der Waals surface area (Å²) in [5, 5.41) is 3.58. The third-order valence-electron chi connectivity index (χ3n) is 3.43. The fourth-order valence-electron chi connectivity index (χ4n) is 2.25. The number of rotatable bonds is 7. The lowest BCUT2D eigenvalue weighted by Gasteiger charge is -2.17. The topological polar surface area (TPSA) is 24.9 Å². The Labute approximate surface area is 103 Å². The number of pyridine rings is 1. The average molecular weight is 236 g/mol. The molecule has 1 aliphatic rings. The number of aromatic nitrogens is 1. The highest BCUT2D eigenvalue weighted by Crippen LogP contribution is 2.34. The molecular formula is C14H21FN2. The minimum absolute atomic E-state index is 0.169. The van der Waals surface area contributed by atoms with Gasteiger partial charge in [-0.25, -0.2) is 4.39 Å². The van der Waals surface area contributed by atoms with Crippen molar-refractivity contribution in [3.05, 3.63) is 29.8 Å². The Balaban J connectivity index is 1.84. The first-order chi connectivity index (χ1) is 8.31. The molecule has 0 bridgehead atoms. The zero-order chi connectivity index (χ0) is 12.1. The second-order valence-corrected chi connectivity index (χ2v) is 4.90. The molecule has 0 aliphatic heterocycles. The lowest BCUT2D eigenvalue weighted by atomic mass is 10.0. The molecule has 2 rings (SSSR count). The number of nitrogens with zero attached hydrogens (tertiary/aromatic N) is 1. The van der Waals surface area contributed by atoms with Crippen molar-refractivity contribution in [2.24, 2.45) is 5.92 Å². The normalized spacial score (nSPS) is 17.1. The van der Waals surface area contributed by atoms with Crippen LogP contribution in [0.4, 0.5) is 4.39 Å². The first-order valence-electron chi connectivity index (χ1n) is 6.63. The van der Waals surface area contributed by atoms with Crippen LogP contribution in [0.2, 0.25) is 0 Å². The number of hydrogen-bond donors (Lipinski definition) is 1. The second-order valence-electron chi connectivity index (χ2n) is 4.90. The fourth-order valence-corrected chi connectivity index (χ4v) is 2.25. The third kappa shape index (κ3) is 3.77. The van der Waals surface area contributed by atoms with Crippen LogP contribution in [0, 0.1) is 11.7 Å². The molecule has 0 saturated heterocycles. The Bertz CT molecular complexity index is 350. The van der Waals surface area contributed by atoms with Gasteiger partial charge in [0.15, 0.2) is 0 Å². The number of aryl methyl sites for hydroxylation is 1. The van der Waals surface area contributed by atoms with Crippen LogP contribution < -0.4 is 5.32 Å². The minimum Gasteiger partial charge on any atom is -0.314 e. The fraction of sp³-hybridized carbons (Fsp3) is 0.643. The summed E-state index contributed by atoms with van der Waals surface area (Å²) in [6, 6.07) is 2.36. The lowest BCUT2D eigenvalue weighted by molar-refractivity contribution is 0.432. The van der Waals surface area contributed by atoms with E-state index in [1.165, 1.54) is 19.0 Å². The van der Waals surface area contributed by atoms with Crippen molar-refractivity contribution < 1.29 is 4.39 Å². The summed E-state index contributed by atoms with van der Waals surface area (Å²) >= 11 is 0.